The van der Waals surface area contributed by atoms with Gasteiger partial charge in [-0.15, -0.1) is 0 Å². The van der Waals surface area contributed by atoms with Crippen LogP contribution in [-0.4, -0.2) is 34.6 Å². The molecule has 0 saturated carbocycles. The third kappa shape index (κ3) is 3.44. The maximum absolute atomic E-state index is 12.9. The average molecular weight is 230 g/mol. The van der Waals surface area contributed by atoms with Gasteiger partial charge in [-0.05, 0) is 19.1 Å². The lowest BCUT2D eigenvalue weighted by Crippen LogP contribution is -2.21. The lowest BCUT2D eigenvalue weighted by Gasteiger charge is -2.15. The van der Waals surface area contributed by atoms with E-state index < -0.39 is 24.6 Å². The van der Waals surface area contributed by atoms with Gasteiger partial charge in [-0.3, -0.25) is 0 Å². The highest BCUT2D eigenvalue weighted by Gasteiger charge is 2.12. The summed E-state index contributed by atoms with van der Waals surface area (Å²) >= 11 is 0. The normalized spacial score (nSPS) is 14.6. The number of aliphatic hydroxyl groups is 3. The van der Waals surface area contributed by atoms with Crippen molar-refractivity contribution in [3.8, 4) is 5.75 Å². The van der Waals surface area contributed by atoms with Crippen LogP contribution in [0.5, 0.6) is 5.75 Å². The molecule has 0 aliphatic heterocycles. The van der Waals surface area contributed by atoms with Crippen LogP contribution in [0.1, 0.15) is 18.6 Å². The van der Waals surface area contributed by atoms with Crippen molar-refractivity contribution in [2.75, 3.05) is 13.2 Å². The van der Waals surface area contributed by atoms with Crippen molar-refractivity contribution in [1.82, 2.24) is 0 Å². The molecule has 0 saturated heterocycles. The van der Waals surface area contributed by atoms with E-state index in [4.69, 9.17) is 14.9 Å². The number of hydrogen-bond acceptors (Lipinski definition) is 4. The van der Waals surface area contributed by atoms with Gasteiger partial charge in [0.05, 0.1) is 12.7 Å². The standard InChI is InChI=1S/C11H15FO4/c1-7(14)10-3-2-8(12)4-11(10)16-6-9(15)5-13/h2-4,7,9,13-15H,5-6H2,1H3/t7-,9?/m0/s1. The van der Waals surface area contributed by atoms with Crippen molar-refractivity contribution < 1.29 is 24.4 Å². The van der Waals surface area contributed by atoms with Gasteiger partial charge in [-0.1, -0.05) is 0 Å². The molecule has 5 heteroatoms. The van der Waals surface area contributed by atoms with Gasteiger partial charge in [-0.2, -0.15) is 0 Å². The number of hydrogen-bond donors (Lipinski definition) is 3. The first-order valence-electron chi connectivity index (χ1n) is 4.93. The van der Waals surface area contributed by atoms with E-state index in [1.165, 1.54) is 19.1 Å². The largest absolute Gasteiger partial charge is 0.490 e. The zero-order chi connectivity index (χ0) is 12.1. The van der Waals surface area contributed by atoms with Gasteiger partial charge < -0.3 is 20.1 Å². The van der Waals surface area contributed by atoms with E-state index >= 15 is 0 Å². The van der Waals surface area contributed by atoms with E-state index in [9.17, 15) is 9.50 Å². The molecule has 3 N–H and O–H groups in total. The lowest BCUT2D eigenvalue weighted by molar-refractivity contribution is 0.0522. The molecule has 90 valence electrons. The van der Waals surface area contributed by atoms with Crippen molar-refractivity contribution in [1.29, 1.82) is 0 Å². The van der Waals surface area contributed by atoms with Gasteiger partial charge >= 0.3 is 0 Å². The molecule has 1 unspecified atom stereocenters. The Bertz CT molecular complexity index is 341. The zero-order valence-electron chi connectivity index (χ0n) is 8.93. The molecule has 0 amide bonds. The molecule has 0 aliphatic rings. The van der Waals surface area contributed by atoms with Crippen LogP contribution in [0.2, 0.25) is 0 Å². The van der Waals surface area contributed by atoms with E-state index in [2.05, 4.69) is 0 Å². The summed E-state index contributed by atoms with van der Waals surface area (Å²) in [5.74, 6) is -0.319. The van der Waals surface area contributed by atoms with Crippen LogP contribution >= 0.6 is 0 Å². The fraction of sp³-hybridized carbons (Fsp3) is 0.455. The minimum Gasteiger partial charge on any atom is -0.490 e. The average Bonchev–Trinajstić information content (AvgIpc) is 2.25. The van der Waals surface area contributed by atoms with Crippen molar-refractivity contribution in [3.05, 3.63) is 29.6 Å². The molecule has 1 aromatic rings. The van der Waals surface area contributed by atoms with E-state index in [0.717, 1.165) is 6.07 Å². The highest BCUT2D eigenvalue weighted by Crippen LogP contribution is 2.26. The smallest absolute Gasteiger partial charge is 0.128 e. The summed E-state index contributed by atoms with van der Waals surface area (Å²) in [5.41, 5.74) is 0.437. The zero-order valence-corrected chi connectivity index (χ0v) is 8.93. The second kappa shape index (κ2) is 5.79. The maximum atomic E-state index is 12.9. The van der Waals surface area contributed by atoms with Crippen LogP contribution in [0.25, 0.3) is 0 Å². The Morgan fingerprint density at radius 1 is 1.38 bits per heavy atom. The van der Waals surface area contributed by atoms with E-state index in [1.54, 1.807) is 0 Å². The summed E-state index contributed by atoms with van der Waals surface area (Å²) in [6.07, 6.45) is -1.81. The minimum absolute atomic E-state index is 0.153. The van der Waals surface area contributed by atoms with Crippen LogP contribution < -0.4 is 4.74 Å². The molecule has 2 atom stereocenters. The quantitative estimate of drug-likeness (QED) is 0.693. The molecule has 4 nitrogen and oxygen atoms in total. The first kappa shape index (κ1) is 12.9. The SMILES string of the molecule is C[C@H](O)c1ccc(F)cc1OCC(O)CO. The van der Waals surface area contributed by atoms with Crippen LogP contribution in [0.4, 0.5) is 4.39 Å². The molecule has 0 radical (unpaired) electrons. The fourth-order valence-corrected chi connectivity index (χ4v) is 1.22. The number of ether oxygens (including phenoxy) is 1. The minimum atomic E-state index is -1.02. The predicted octanol–water partition coefficient (Wildman–Crippen LogP) is 0.611. The molecule has 0 bridgehead atoms. The Kier molecular flexibility index (Phi) is 4.67. The summed E-state index contributed by atoms with van der Waals surface area (Å²) in [4.78, 5) is 0. The van der Waals surface area contributed by atoms with E-state index in [0.29, 0.717) is 5.56 Å². The summed E-state index contributed by atoms with van der Waals surface area (Å²) < 4.78 is 18.1. The van der Waals surface area contributed by atoms with E-state index in [1.807, 2.05) is 0 Å². The van der Waals surface area contributed by atoms with Crippen molar-refractivity contribution in [2.24, 2.45) is 0 Å². The number of benzene rings is 1. The Hall–Kier alpha value is -1.17. The summed E-state index contributed by atoms with van der Waals surface area (Å²) in [7, 11) is 0. The van der Waals surface area contributed by atoms with Crippen molar-refractivity contribution >= 4 is 0 Å². The van der Waals surface area contributed by atoms with E-state index in [-0.39, 0.29) is 12.4 Å². The van der Waals surface area contributed by atoms with Gasteiger partial charge in [-0.25, -0.2) is 4.39 Å². The third-order valence-electron chi connectivity index (χ3n) is 2.07. The third-order valence-corrected chi connectivity index (χ3v) is 2.07. The van der Waals surface area contributed by atoms with Crippen molar-refractivity contribution in [3.63, 3.8) is 0 Å². The number of aliphatic hydroxyl groups excluding tert-OH is 3. The fourth-order valence-electron chi connectivity index (χ4n) is 1.22. The monoisotopic (exact) mass is 230 g/mol. The Balaban J connectivity index is 2.80. The molecular weight excluding hydrogens is 215 g/mol. The molecule has 0 spiro atoms. The first-order valence-corrected chi connectivity index (χ1v) is 4.93. The second-order valence-corrected chi connectivity index (χ2v) is 3.51. The first-order chi connectivity index (χ1) is 7.54. The van der Waals surface area contributed by atoms with Gasteiger partial charge in [0.25, 0.3) is 0 Å². The molecule has 1 rings (SSSR count). The topological polar surface area (TPSA) is 69.9 Å². The Morgan fingerprint density at radius 2 is 2.06 bits per heavy atom. The molecule has 0 aliphatic carbocycles. The molecular formula is C11H15FO4. The van der Waals surface area contributed by atoms with Gasteiger partial charge in [0, 0.05) is 11.6 Å². The summed E-state index contributed by atoms with van der Waals surface area (Å²) in [6.45, 7) is 0.946. The van der Waals surface area contributed by atoms with Crippen LogP contribution in [0.3, 0.4) is 0 Å². The highest BCUT2D eigenvalue weighted by molar-refractivity contribution is 5.35. The molecule has 0 fully saturated rings. The molecule has 0 aromatic heterocycles. The summed E-state index contributed by atoms with van der Waals surface area (Å²) in [5, 5.41) is 27.1. The lowest BCUT2D eigenvalue weighted by atomic mass is 10.1. The van der Waals surface area contributed by atoms with Gasteiger partial charge in [0.2, 0.25) is 0 Å². The number of halogens is 1. The van der Waals surface area contributed by atoms with Crippen molar-refractivity contribution in [2.45, 2.75) is 19.1 Å². The van der Waals surface area contributed by atoms with Crippen LogP contribution in [-0.2, 0) is 0 Å². The van der Waals surface area contributed by atoms with Gasteiger partial charge in [0.1, 0.15) is 24.3 Å². The predicted molar refractivity (Wildman–Crippen MR) is 55.6 cm³/mol. The molecule has 16 heavy (non-hydrogen) atoms. The Morgan fingerprint density at radius 3 is 2.62 bits per heavy atom. The van der Waals surface area contributed by atoms with Crippen LogP contribution in [0, 0.1) is 5.82 Å². The summed E-state index contributed by atoms with van der Waals surface area (Å²) in [6, 6.07) is 3.77. The highest BCUT2D eigenvalue weighted by atomic mass is 19.1. The Labute approximate surface area is 92.9 Å². The van der Waals surface area contributed by atoms with Crippen LogP contribution in [0.15, 0.2) is 18.2 Å². The number of rotatable bonds is 5. The molecule has 1 aromatic carbocycles. The maximum Gasteiger partial charge on any atom is 0.128 e. The molecule has 0 heterocycles. The second-order valence-electron chi connectivity index (χ2n) is 3.51. The van der Waals surface area contributed by atoms with Gasteiger partial charge in [0.15, 0.2) is 0 Å².